The van der Waals surface area contributed by atoms with E-state index in [1.54, 1.807) is 50.4 Å². The van der Waals surface area contributed by atoms with Crippen molar-refractivity contribution in [2.45, 2.75) is 30.4 Å². The maximum Gasteiger partial charge on any atom is 0.290 e. The molecular weight excluding hydrogens is 476 g/mol. The second-order valence-corrected chi connectivity index (χ2v) is 10.5. The summed E-state index contributed by atoms with van der Waals surface area (Å²) in [7, 11) is -1.74. The van der Waals surface area contributed by atoms with Crippen LogP contribution in [0.25, 0.3) is 0 Å². The predicted octanol–water partition coefficient (Wildman–Crippen LogP) is 4.27. The highest BCUT2D eigenvalue weighted by Gasteiger charge is 2.47. The highest BCUT2D eigenvalue weighted by molar-refractivity contribution is 7.90. The van der Waals surface area contributed by atoms with E-state index < -0.39 is 21.8 Å². The average molecular weight is 501 g/mol. The summed E-state index contributed by atoms with van der Waals surface area (Å²) in [4.78, 5) is 6.60. The maximum atomic E-state index is 11.9. The molecule has 1 aliphatic rings. The van der Waals surface area contributed by atoms with Gasteiger partial charge in [-0.25, -0.2) is 13.4 Å². The first kappa shape index (κ1) is 24.2. The summed E-state index contributed by atoms with van der Waals surface area (Å²) in [6.07, 6.45) is 1.16. The van der Waals surface area contributed by atoms with Gasteiger partial charge in [-0.1, -0.05) is 23.7 Å². The van der Waals surface area contributed by atoms with Gasteiger partial charge in [-0.15, -0.1) is 0 Å². The van der Waals surface area contributed by atoms with Crippen LogP contribution in [0, 0.1) is 0 Å². The predicted molar refractivity (Wildman–Crippen MR) is 132 cm³/mol. The molecular formula is C25H25ClN2O5S. The summed E-state index contributed by atoms with van der Waals surface area (Å²) < 4.78 is 34.9. The Morgan fingerprint density at radius 2 is 1.65 bits per heavy atom. The van der Waals surface area contributed by atoms with Crippen LogP contribution in [-0.4, -0.2) is 44.7 Å². The Bertz CT molecular complexity index is 1290. The van der Waals surface area contributed by atoms with Crippen LogP contribution in [0.5, 0.6) is 5.75 Å². The lowest BCUT2D eigenvalue weighted by Gasteiger charge is -2.31. The Kier molecular flexibility index (Phi) is 6.69. The van der Waals surface area contributed by atoms with Gasteiger partial charge in [0.05, 0.1) is 18.6 Å². The van der Waals surface area contributed by atoms with Gasteiger partial charge in [0.15, 0.2) is 9.84 Å². The second-order valence-electron chi connectivity index (χ2n) is 8.05. The molecule has 2 atom stereocenters. The Hall–Kier alpha value is -2.91. The molecule has 0 saturated carbocycles. The van der Waals surface area contributed by atoms with Gasteiger partial charge in [0.1, 0.15) is 17.6 Å². The molecule has 178 valence electrons. The van der Waals surface area contributed by atoms with Crippen LogP contribution in [-0.2, 0) is 21.2 Å². The molecule has 3 aromatic carbocycles. The number of methoxy groups -OCH3 is 1. The number of nitrogens with zero attached hydrogens (tertiary/aromatic N) is 2. The Morgan fingerprint density at radius 1 is 1.03 bits per heavy atom. The topological polar surface area (TPSA) is 88.4 Å². The number of aliphatic hydroxyl groups is 1. The van der Waals surface area contributed by atoms with E-state index in [0.29, 0.717) is 16.5 Å². The van der Waals surface area contributed by atoms with Crippen molar-refractivity contribution in [3.05, 3.63) is 88.9 Å². The number of aliphatic imine (C=N–C) groups is 1. The number of benzene rings is 3. The zero-order chi connectivity index (χ0) is 24.5. The Balaban J connectivity index is 1.68. The fourth-order valence-electron chi connectivity index (χ4n) is 3.72. The van der Waals surface area contributed by atoms with E-state index in [2.05, 4.69) is 4.99 Å². The first-order valence-corrected chi connectivity index (χ1v) is 12.8. The number of rotatable bonds is 7. The molecule has 2 unspecified atom stereocenters. The molecule has 4 rings (SSSR count). The number of amidine groups is 1. The average Bonchev–Trinajstić information content (AvgIpc) is 3.09. The summed E-state index contributed by atoms with van der Waals surface area (Å²) >= 11 is 6.06. The number of sulfone groups is 1. The van der Waals surface area contributed by atoms with Crippen LogP contribution < -0.4 is 9.64 Å². The van der Waals surface area contributed by atoms with Gasteiger partial charge in [-0.2, -0.15) is 0 Å². The van der Waals surface area contributed by atoms with Crippen molar-refractivity contribution in [1.29, 1.82) is 0 Å². The van der Waals surface area contributed by atoms with Crippen LogP contribution in [0.1, 0.15) is 18.1 Å². The number of anilines is 1. The molecule has 3 aromatic rings. The highest BCUT2D eigenvalue weighted by Crippen LogP contribution is 2.35. The lowest BCUT2D eigenvalue weighted by molar-refractivity contribution is -0.209. The van der Waals surface area contributed by atoms with Crippen molar-refractivity contribution in [2.24, 2.45) is 4.99 Å². The Morgan fingerprint density at radius 3 is 2.21 bits per heavy atom. The van der Waals surface area contributed by atoms with Crippen LogP contribution >= 0.6 is 11.6 Å². The molecule has 0 spiro atoms. The third-order valence-electron chi connectivity index (χ3n) is 5.68. The standard InChI is InChI=1S/C25H25ClN2O5S/c1-17-25(29,33-16-18-4-12-22(32-2)13-5-18)27-24(19-6-8-20(26)9-7-19)28(17)21-10-14-23(15-11-21)34(3,30)31/h4-15,17,29H,16H2,1-3H3. The van der Waals surface area contributed by atoms with Gasteiger partial charge < -0.3 is 19.5 Å². The van der Waals surface area contributed by atoms with E-state index in [-0.39, 0.29) is 11.5 Å². The van der Waals surface area contributed by atoms with E-state index in [1.165, 1.54) is 12.1 Å². The van der Waals surface area contributed by atoms with Crippen molar-refractivity contribution >= 4 is 33.0 Å². The minimum Gasteiger partial charge on any atom is -0.497 e. The van der Waals surface area contributed by atoms with E-state index >= 15 is 0 Å². The number of ether oxygens (including phenoxy) is 2. The lowest BCUT2D eigenvalue weighted by atomic mass is 10.1. The zero-order valence-corrected chi connectivity index (χ0v) is 20.5. The normalized spacial score (nSPS) is 20.3. The first-order chi connectivity index (χ1) is 16.1. The lowest BCUT2D eigenvalue weighted by Crippen LogP contribution is -2.47. The summed E-state index contributed by atoms with van der Waals surface area (Å²) in [6, 6.07) is 20.3. The number of hydrogen-bond acceptors (Lipinski definition) is 7. The molecule has 34 heavy (non-hydrogen) atoms. The van der Waals surface area contributed by atoms with E-state index in [0.717, 1.165) is 23.1 Å². The Labute approximate surface area is 204 Å². The fraction of sp³-hybridized carbons (Fsp3) is 0.240. The van der Waals surface area contributed by atoms with Crippen molar-refractivity contribution in [3.63, 3.8) is 0 Å². The van der Waals surface area contributed by atoms with E-state index in [4.69, 9.17) is 21.1 Å². The number of halogens is 1. The van der Waals surface area contributed by atoms with Gasteiger partial charge in [-0.05, 0) is 73.2 Å². The minimum atomic E-state index is -3.34. The first-order valence-electron chi connectivity index (χ1n) is 10.5. The van der Waals surface area contributed by atoms with Gasteiger partial charge in [0, 0.05) is 22.5 Å². The summed E-state index contributed by atoms with van der Waals surface area (Å²) in [5.74, 6) is -0.637. The maximum absolute atomic E-state index is 11.9. The molecule has 7 nitrogen and oxygen atoms in total. The van der Waals surface area contributed by atoms with Gasteiger partial charge >= 0.3 is 0 Å². The molecule has 0 amide bonds. The number of hydrogen-bond donors (Lipinski definition) is 1. The third kappa shape index (κ3) is 4.95. The van der Waals surface area contributed by atoms with Crippen LogP contribution in [0.4, 0.5) is 5.69 Å². The summed E-state index contributed by atoms with van der Waals surface area (Å²) in [5, 5.41) is 12.0. The van der Waals surface area contributed by atoms with E-state index in [1.807, 2.05) is 29.2 Å². The molecule has 9 heteroatoms. The van der Waals surface area contributed by atoms with Gasteiger partial charge in [0.2, 0.25) is 0 Å². The molecule has 0 aliphatic carbocycles. The van der Waals surface area contributed by atoms with E-state index in [9.17, 15) is 13.5 Å². The van der Waals surface area contributed by atoms with Crippen LogP contribution in [0.15, 0.2) is 82.7 Å². The largest absolute Gasteiger partial charge is 0.497 e. The van der Waals surface area contributed by atoms with Crippen molar-refractivity contribution < 1.29 is 23.0 Å². The SMILES string of the molecule is COc1ccc(COC2(O)N=C(c3ccc(Cl)cc3)N(c3ccc(S(C)(=O)=O)cc3)C2C)cc1. The fourth-order valence-corrected chi connectivity index (χ4v) is 4.47. The molecule has 1 heterocycles. The van der Waals surface area contributed by atoms with Crippen molar-refractivity contribution in [2.75, 3.05) is 18.3 Å². The third-order valence-corrected chi connectivity index (χ3v) is 7.06. The molecule has 1 N–H and O–H groups in total. The molecule has 0 saturated heterocycles. The quantitative estimate of drug-likeness (QED) is 0.487. The van der Waals surface area contributed by atoms with Crippen molar-refractivity contribution in [1.82, 2.24) is 0 Å². The van der Waals surface area contributed by atoms with Crippen molar-refractivity contribution in [3.8, 4) is 5.75 Å². The molecule has 0 radical (unpaired) electrons. The smallest absolute Gasteiger partial charge is 0.290 e. The molecule has 0 fully saturated rings. The summed E-state index contributed by atoms with van der Waals surface area (Å²) in [5.41, 5.74) is 2.24. The monoisotopic (exact) mass is 500 g/mol. The van der Waals surface area contributed by atoms with Crippen LogP contribution in [0.2, 0.25) is 5.02 Å². The van der Waals surface area contributed by atoms with Crippen LogP contribution in [0.3, 0.4) is 0 Å². The molecule has 0 bridgehead atoms. The summed E-state index contributed by atoms with van der Waals surface area (Å²) in [6.45, 7) is 1.92. The molecule has 1 aliphatic heterocycles. The highest BCUT2D eigenvalue weighted by atomic mass is 35.5. The minimum absolute atomic E-state index is 0.128. The second kappa shape index (κ2) is 9.38. The van der Waals surface area contributed by atoms with Gasteiger partial charge in [0.25, 0.3) is 5.91 Å². The van der Waals surface area contributed by atoms with Gasteiger partial charge in [-0.3, -0.25) is 0 Å². The molecule has 0 aromatic heterocycles. The zero-order valence-electron chi connectivity index (χ0n) is 19.0.